The number of nitrogens with zero attached hydrogens (tertiary/aromatic N) is 1. The third-order valence-electron chi connectivity index (χ3n) is 2.26. The van der Waals surface area contributed by atoms with Crippen LogP contribution in [0.25, 0.3) is 0 Å². The molecule has 0 radical (unpaired) electrons. The summed E-state index contributed by atoms with van der Waals surface area (Å²) < 4.78 is 0.817. The highest BCUT2D eigenvalue weighted by Crippen LogP contribution is 2.20. The van der Waals surface area contributed by atoms with E-state index in [0.717, 1.165) is 4.47 Å². The predicted molar refractivity (Wildman–Crippen MR) is 70.7 cm³/mol. The van der Waals surface area contributed by atoms with Crippen molar-refractivity contribution in [3.05, 3.63) is 28.7 Å². The van der Waals surface area contributed by atoms with Crippen LogP contribution < -0.4 is 5.32 Å². The summed E-state index contributed by atoms with van der Waals surface area (Å²) in [5.41, 5.74) is 0.704. The first kappa shape index (κ1) is 13.7. The van der Waals surface area contributed by atoms with Gasteiger partial charge in [0.25, 0.3) is 0 Å². The standard InChI is InChI=1S/C12H15BrN2O2/c1-3-12(17)15(2)8-11(16)14-10-7-5-4-6-9(10)13/h4-7H,3,8H2,1-2H3,(H,14,16). The molecule has 4 nitrogen and oxygen atoms in total. The summed E-state index contributed by atoms with van der Waals surface area (Å²) in [6.07, 6.45) is 0.402. The van der Waals surface area contributed by atoms with E-state index in [1.54, 1.807) is 20.0 Å². The Morgan fingerprint density at radius 1 is 1.35 bits per heavy atom. The van der Waals surface area contributed by atoms with E-state index in [9.17, 15) is 9.59 Å². The molecule has 0 aliphatic heterocycles. The van der Waals surface area contributed by atoms with Crippen LogP contribution in [-0.4, -0.2) is 30.3 Å². The second kappa shape index (κ2) is 6.39. The van der Waals surface area contributed by atoms with E-state index < -0.39 is 0 Å². The number of carbonyl (C=O) groups excluding carboxylic acids is 2. The topological polar surface area (TPSA) is 49.4 Å². The Morgan fingerprint density at radius 3 is 2.59 bits per heavy atom. The molecule has 0 fully saturated rings. The minimum absolute atomic E-state index is 0.0488. The highest BCUT2D eigenvalue weighted by Gasteiger charge is 2.11. The van der Waals surface area contributed by atoms with Gasteiger partial charge in [0.1, 0.15) is 0 Å². The van der Waals surface area contributed by atoms with Gasteiger partial charge in [-0.3, -0.25) is 9.59 Å². The van der Waals surface area contributed by atoms with Crippen molar-refractivity contribution in [1.82, 2.24) is 4.90 Å². The van der Waals surface area contributed by atoms with Gasteiger partial charge in [-0.15, -0.1) is 0 Å². The zero-order chi connectivity index (χ0) is 12.8. The highest BCUT2D eigenvalue weighted by molar-refractivity contribution is 9.10. The fraction of sp³-hybridized carbons (Fsp3) is 0.333. The maximum absolute atomic E-state index is 11.7. The molecule has 0 aliphatic carbocycles. The summed E-state index contributed by atoms with van der Waals surface area (Å²) in [6, 6.07) is 7.34. The Hall–Kier alpha value is -1.36. The molecule has 0 spiro atoms. The zero-order valence-corrected chi connectivity index (χ0v) is 11.5. The molecule has 0 saturated heterocycles. The van der Waals surface area contributed by atoms with E-state index in [1.165, 1.54) is 4.90 Å². The Bertz CT molecular complexity index is 421. The molecule has 0 aliphatic rings. The van der Waals surface area contributed by atoms with Crippen LogP contribution in [0.4, 0.5) is 5.69 Å². The SMILES string of the molecule is CCC(=O)N(C)CC(=O)Nc1ccccc1Br. The van der Waals surface area contributed by atoms with Crippen LogP contribution in [0.1, 0.15) is 13.3 Å². The van der Waals surface area contributed by atoms with Gasteiger partial charge in [-0.1, -0.05) is 19.1 Å². The molecule has 2 amide bonds. The van der Waals surface area contributed by atoms with Gasteiger partial charge in [0.2, 0.25) is 11.8 Å². The summed E-state index contributed by atoms with van der Waals surface area (Å²) in [6.45, 7) is 1.83. The first-order valence-corrected chi connectivity index (χ1v) is 6.12. The van der Waals surface area contributed by atoms with Crippen molar-refractivity contribution in [3.63, 3.8) is 0 Å². The number of amides is 2. The van der Waals surface area contributed by atoms with Crippen molar-refractivity contribution < 1.29 is 9.59 Å². The molecule has 1 aromatic rings. The van der Waals surface area contributed by atoms with E-state index in [-0.39, 0.29) is 18.4 Å². The second-order valence-corrected chi connectivity index (χ2v) is 4.49. The largest absolute Gasteiger partial charge is 0.336 e. The molecule has 1 aromatic carbocycles. The Labute approximate surface area is 109 Å². The van der Waals surface area contributed by atoms with Crippen LogP contribution in [0.15, 0.2) is 28.7 Å². The summed E-state index contributed by atoms with van der Waals surface area (Å²) in [4.78, 5) is 24.4. The maximum Gasteiger partial charge on any atom is 0.244 e. The molecule has 0 aromatic heterocycles. The normalized spacial score (nSPS) is 9.82. The first-order valence-electron chi connectivity index (χ1n) is 5.33. The number of hydrogen-bond acceptors (Lipinski definition) is 2. The predicted octanol–water partition coefficient (Wildman–Crippen LogP) is 2.26. The minimum Gasteiger partial charge on any atom is -0.336 e. The van der Waals surface area contributed by atoms with Gasteiger partial charge in [0.05, 0.1) is 12.2 Å². The van der Waals surface area contributed by atoms with Crippen LogP contribution >= 0.6 is 15.9 Å². The second-order valence-electron chi connectivity index (χ2n) is 3.63. The maximum atomic E-state index is 11.7. The van der Waals surface area contributed by atoms with Crippen molar-refractivity contribution in [2.45, 2.75) is 13.3 Å². The number of para-hydroxylation sites is 1. The molecule has 5 heteroatoms. The fourth-order valence-corrected chi connectivity index (χ4v) is 1.71. The van der Waals surface area contributed by atoms with Crippen LogP contribution in [0.3, 0.4) is 0 Å². The lowest BCUT2D eigenvalue weighted by Gasteiger charge is -2.16. The van der Waals surface area contributed by atoms with E-state index in [1.807, 2.05) is 18.2 Å². The number of halogens is 1. The lowest BCUT2D eigenvalue weighted by molar-refractivity contribution is -0.133. The molecule has 1 N–H and O–H groups in total. The summed E-state index contributed by atoms with van der Waals surface area (Å²) in [7, 11) is 1.62. The Balaban J connectivity index is 2.56. The van der Waals surface area contributed by atoms with Crippen molar-refractivity contribution >= 4 is 33.4 Å². The quantitative estimate of drug-likeness (QED) is 0.927. The van der Waals surface area contributed by atoms with Crippen LogP contribution in [0.5, 0.6) is 0 Å². The van der Waals surface area contributed by atoms with Gasteiger partial charge >= 0.3 is 0 Å². The van der Waals surface area contributed by atoms with Crippen LogP contribution in [0, 0.1) is 0 Å². The summed E-state index contributed by atoms with van der Waals surface area (Å²) in [5, 5.41) is 2.74. The number of nitrogens with one attached hydrogen (secondary N) is 1. The summed E-state index contributed by atoms with van der Waals surface area (Å²) in [5.74, 6) is -0.256. The number of rotatable bonds is 4. The van der Waals surface area contributed by atoms with E-state index in [0.29, 0.717) is 12.1 Å². The highest BCUT2D eigenvalue weighted by atomic mass is 79.9. The molecule has 0 atom stereocenters. The summed E-state index contributed by atoms with van der Waals surface area (Å²) >= 11 is 3.34. The van der Waals surface area contributed by atoms with Crippen molar-refractivity contribution in [2.75, 3.05) is 18.9 Å². The average molecular weight is 299 g/mol. The van der Waals surface area contributed by atoms with Gasteiger partial charge in [-0.2, -0.15) is 0 Å². The van der Waals surface area contributed by atoms with Gasteiger partial charge in [0.15, 0.2) is 0 Å². The molecular formula is C12H15BrN2O2. The lowest BCUT2D eigenvalue weighted by atomic mass is 10.3. The van der Waals surface area contributed by atoms with Crippen LogP contribution in [-0.2, 0) is 9.59 Å². The molecular weight excluding hydrogens is 284 g/mol. The molecule has 17 heavy (non-hydrogen) atoms. The van der Waals surface area contributed by atoms with Gasteiger partial charge < -0.3 is 10.2 Å². The molecule has 0 bridgehead atoms. The van der Waals surface area contributed by atoms with Gasteiger partial charge in [0, 0.05) is 17.9 Å². The third kappa shape index (κ3) is 4.19. The number of likely N-dealkylation sites (N-methyl/N-ethyl adjacent to an activating group) is 1. The van der Waals surface area contributed by atoms with E-state index >= 15 is 0 Å². The zero-order valence-electron chi connectivity index (χ0n) is 9.87. The van der Waals surface area contributed by atoms with Crippen LogP contribution in [0.2, 0.25) is 0 Å². The number of benzene rings is 1. The molecule has 0 heterocycles. The third-order valence-corrected chi connectivity index (χ3v) is 2.95. The van der Waals surface area contributed by atoms with Crippen molar-refractivity contribution in [2.24, 2.45) is 0 Å². The van der Waals surface area contributed by atoms with Gasteiger partial charge in [-0.25, -0.2) is 0 Å². The molecule has 0 saturated carbocycles. The molecule has 92 valence electrons. The lowest BCUT2D eigenvalue weighted by Crippen LogP contribution is -2.34. The monoisotopic (exact) mass is 298 g/mol. The first-order chi connectivity index (χ1) is 8.04. The average Bonchev–Trinajstić information content (AvgIpc) is 2.31. The molecule has 0 unspecified atom stereocenters. The Kier molecular flexibility index (Phi) is 5.15. The minimum atomic E-state index is -0.207. The smallest absolute Gasteiger partial charge is 0.244 e. The van der Waals surface area contributed by atoms with E-state index in [2.05, 4.69) is 21.2 Å². The van der Waals surface area contributed by atoms with Crippen molar-refractivity contribution in [1.29, 1.82) is 0 Å². The van der Waals surface area contributed by atoms with E-state index in [4.69, 9.17) is 0 Å². The number of carbonyl (C=O) groups is 2. The van der Waals surface area contributed by atoms with Gasteiger partial charge in [-0.05, 0) is 28.1 Å². The molecule has 1 rings (SSSR count). The van der Waals surface area contributed by atoms with Crippen molar-refractivity contribution in [3.8, 4) is 0 Å². The Morgan fingerprint density at radius 2 is 2.00 bits per heavy atom. The number of hydrogen-bond donors (Lipinski definition) is 1. The fourth-order valence-electron chi connectivity index (χ4n) is 1.33. The number of anilines is 1.